The molecule has 0 unspecified atom stereocenters. The number of aromatic amines is 1. The summed E-state index contributed by atoms with van der Waals surface area (Å²) in [5.41, 5.74) is 1.60. The van der Waals surface area contributed by atoms with Gasteiger partial charge in [-0.3, -0.25) is 0 Å². The van der Waals surface area contributed by atoms with Crippen molar-refractivity contribution in [3.05, 3.63) is 34.7 Å². The fourth-order valence-electron chi connectivity index (χ4n) is 1.18. The molecule has 0 amide bonds. The predicted molar refractivity (Wildman–Crippen MR) is 51.1 cm³/mol. The number of aromatic carboxylic acids is 1. The number of rotatable bonds is 2. The lowest BCUT2D eigenvalue weighted by atomic mass is 10.2. The van der Waals surface area contributed by atoms with Crippen molar-refractivity contribution in [2.24, 2.45) is 0 Å². The maximum atomic E-state index is 10.8. The van der Waals surface area contributed by atoms with Crippen molar-refractivity contribution in [3.8, 4) is 11.3 Å². The van der Waals surface area contributed by atoms with E-state index in [4.69, 9.17) is 5.11 Å². The van der Waals surface area contributed by atoms with Crippen LogP contribution in [0.3, 0.4) is 0 Å². The molecule has 13 heavy (non-hydrogen) atoms. The Labute approximate surface area is 78.7 Å². The molecule has 0 bridgehead atoms. The Balaban J connectivity index is 2.52. The monoisotopic (exact) mass is 193 g/mol. The highest BCUT2D eigenvalue weighted by Crippen LogP contribution is 2.26. The van der Waals surface area contributed by atoms with Crippen LogP contribution in [-0.2, 0) is 0 Å². The van der Waals surface area contributed by atoms with Crippen molar-refractivity contribution in [2.75, 3.05) is 0 Å². The van der Waals surface area contributed by atoms with E-state index >= 15 is 0 Å². The zero-order valence-corrected chi connectivity index (χ0v) is 7.47. The van der Waals surface area contributed by atoms with Crippen LogP contribution in [0.4, 0.5) is 0 Å². The Morgan fingerprint density at radius 1 is 1.46 bits per heavy atom. The van der Waals surface area contributed by atoms with Gasteiger partial charge in [0.05, 0.1) is 0 Å². The number of thiophene rings is 1. The third kappa shape index (κ3) is 1.36. The van der Waals surface area contributed by atoms with Gasteiger partial charge in [-0.2, -0.15) is 0 Å². The molecule has 3 nitrogen and oxygen atoms in total. The third-order valence-corrected chi connectivity index (χ3v) is 2.65. The topological polar surface area (TPSA) is 53.1 Å². The molecule has 2 aromatic heterocycles. The van der Waals surface area contributed by atoms with E-state index in [-0.39, 0.29) is 0 Å². The van der Waals surface area contributed by atoms with E-state index in [1.807, 2.05) is 12.1 Å². The molecule has 0 radical (unpaired) electrons. The van der Waals surface area contributed by atoms with Crippen LogP contribution in [0.25, 0.3) is 11.3 Å². The van der Waals surface area contributed by atoms with Crippen LogP contribution in [0, 0.1) is 0 Å². The van der Waals surface area contributed by atoms with Crippen molar-refractivity contribution in [1.82, 2.24) is 4.98 Å². The van der Waals surface area contributed by atoms with Gasteiger partial charge in [-0.25, -0.2) is 4.79 Å². The van der Waals surface area contributed by atoms with Gasteiger partial charge in [-0.1, -0.05) is 0 Å². The van der Waals surface area contributed by atoms with Crippen LogP contribution in [0.5, 0.6) is 0 Å². The normalized spacial score (nSPS) is 10.2. The quantitative estimate of drug-likeness (QED) is 0.769. The molecular weight excluding hydrogens is 186 g/mol. The molecule has 0 aliphatic heterocycles. The van der Waals surface area contributed by atoms with E-state index in [9.17, 15) is 4.79 Å². The minimum Gasteiger partial charge on any atom is -0.477 e. The van der Waals surface area contributed by atoms with Gasteiger partial charge in [0.1, 0.15) is 4.88 Å². The summed E-state index contributed by atoms with van der Waals surface area (Å²) in [4.78, 5) is 14.1. The summed E-state index contributed by atoms with van der Waals surface area (Å²) < 4.78 is 0. The molecule has 0 spiro atoms. The van der Waals surface area contributed by atoms with Crippen molar-refractivity contribution in [1.29, 1.82) is 0 Å². The van der Waals surface area contributed by atoms with Gasteiger partial charge >= 0.3 is 5.97 Å². The van der Waals surface area contributed by atoms with E-state index in [2.05, 4.69) is 4.98 Å². The van der Waals surface area contributed by atoms with Gasteiger partial charge in [0.2, 0.25) is 0 Å². The molecule has 2 aromatic rings. The number of carboxylic acids is 1. The second-order valence-corrected chi connectivity index (χ2v) is 3.47. The highest BCUT2D eigenvalue weighted by molar-refractivity contribution is 7.12. The lowest BCUT2D eigenvalue weighted by Crippen LogP contribution is -1.94. The highest BCUT2D eigenvalue weighted by Gasteiger charge is 2.12. The van der Waals surface area contributed by atoms with Crippen LogP contribution >= 0.6 is 11.3 Å². The lowest BCUT2D eigenvalue weighted by molar-refractivity contribution is 0.0703. The van der Waals surface area contributed by atoms with E-state index in [0.29, 0.717) is 4.88 Å². The maximum Gasteiger partial charge on any atom is 0.346 e. The number of hydrogen-bond donors (Lipinski definition) is 2. The molecule has 0 aliphatic rings. The Bertz CT molecular complexity index is 417. The van der Waals surface area contributed by atoms with Crippen molar-refractivity contribution < 1.29 is 9.90 Å². The Morgan fingerprint density at radius 2 is 2.31 bits per heavy atom. The largest absolute Gasteiger partial charge is 0.477 e. The number of hydrogen-bond acceptors (Lipinski definition) is 2. The van der Waals surface area contributed by atoms with E-state index < -0.39 is 5.97 Å². The maximum absolute atomic E-state index is 10.8. The van der Waals surface area contributed by atoms with Gasteiger partial charge in [0.25, 0.3) is 0 Å². The number of carbonyl (C=O) groups is 1. The standard InChI is InChI=1S/C9H7NO2S/c11-9(12)8-6(3-5-13-8)7-2-1-4-10-7/h1-5,10H,(H,11,12). The summed E-state index contributed by atoms with van der Waals surface area (Å²) in [6.07, 6.45) is 1.78. The fourth-order valence-corrected chi connectivity index (χ4v) is 1.93. The summed E-state index contributed by atoms with van der Waals surface area (Å²) in [6, 6.07) is 5.51. The summed E-state index contributed by atoms with van der Waals surface area (Å²) in [6.45, 7) is 0. The fraction of sp³-hybridized carbons (Fsp3) is 0. The van der Waals surface area contributed by atoms with Crippen molar-refractivity contribution in [3.63, 3.8) is 0 Å². The first kappa shape index (κ1) is 8.07. The van der Waals surface area contributed by atoms with E-state index in [1.165, 1.54) is 11.3 Å². The molecule has 2 heterocycles. The molecule has 0 atom stereocenters. The van der Waals surface area contributed by atoms with Gasteiger partial charge < -0.3 is 10.1 Å². The van der Waals surface area contributed by atoms with E-state index in [0.717, 1.165) is 11.3 Å². The number of nitrogens with one attached hydrogen (secondary N) is 1. The van der Waals surface area contributed by atoms with Crippen molar-refractivity contribution >= 4 is 17.3 Å². The van der Waals surface area contributed by atoms with Gasteiger partial charge in [-0.15, -0.1) is 11.3 Å². The average molecular weight is 193 g/mol. The van der Waals surface area contributed by atoms with Crippen LogP contribution in [-0.4, -0.2) is 16.1 Å². The van der Waals surface area contributed by atoms with Crippen LogP contribution in [0.15, 0.2) is 29.8 Å². The number of H-pyrrole nitrogens is 1. The van der Waals surface area contributed by atoms with Crippen molar-refractivity contribution in [2.45, 2.75) is 0 Å². The molecule has 66 valence electrons. The molecule has 4 heteroatoms. The summed E-state index contributed by atoms with van der Waals surface area (Å²) in [5, 5.41) is 10.6. The molecular formula is C9H7NO2S. The zero-order valence-electron chi connectivity index (χ0n) is 6.65. The molecule has 0 fully saturated rings. The number of carboxylic acid groups (broad SMARTS) is 1. The van der Waals surface area contributed by atoms with Crippen LogP contribution in [0.2, 0.25) is 0 Å². The first-order valence-electron chi connectivity index (χ1n) is 3.73. The summed E-state index contributed by atoms with van der Waals surface area (Å²) >= 11 is 1.24. The Kier molecular flexibility index (Phi) is 1.90. The van der Waals surface area contributed by atoms with Gasteiger partial charge in [0.15, 0.2) is 0 Å². The second kappa shape index (κ2) is 3.06. The Morgan fingerprint density at radius 3 is 2.92 bits per heavy atom. The van der Waals surface area contributed by atoms with E-state index in [1.54, 1.807) is 17.6 Å². The molecule has 0 saturated carbocycles. The van der Waals surface area contributed by atoms with Gasteiger partial charge in [0, 0.05) is 17.5 Å². The predicted octanol–water partition coefficient (Wildman–Crippen LogP) is 2.44. The second-order valence-electron chi connectivity index (χ2n) is 2.55. The smallest absolute Gasteiger partial charge is 0.346 e. The molecule has 2 rings (SSSR count). The first-order valence-corrected chi connectivity index (χ1v) is 4.61. The summed E-state index contributed by atoms with van der Waals surface area (Å²) in [5.74, 6) is -0.875. The minimum absolute atomic E-state index is 0.377. The summed E-state index contributed by atoms with van der Waals surface area (Å²) in [7, 11) is 0. The van der Waals surface area contributed by atoms with Gasteiger partial charge in [-0.05, 0) is 23.6 Å². The van der Waals surface area contributed by atoms with Crippen LogP contribution in [0.1, 0.15) is 9.67 Å². The SMILES string of the molecule is O=C(O)c1sccc1-c1ccc[nH]1. The molecule has 2 N–H and O–H groups in total. The first-order chi connectivity index (χ1) is 6.29. The molecule has 0 aromatic carbocycles. The zero-order chi connectivity index (χ0) is 9.26. The Hall–Kier alpha value is -1.55. The number of aromatic nitrogens is 1. The highest BCUT2D eigenvalue weighted by atomic mass is 32.1. The average Bonchev–Trinajstić information content (AvgIpc) is 2.74. The van der Waals surface area contributed by atoms with Crippen LogP contribution < -0.4 is 0 Å². The minimum atomic E-state index is -0.875. The third-order valence-electron chi connectivity index (χ3n) is 1.75. The lowest BCUT2D eigenvalue weighted by Gasteiger charge is -1.95. The molecule has 0 aliphatic carbocycles. The molecule has 0 saturated heterocycles.